The van der Waals surface area contributed by atoms with Crippen molar-refractivity contribution in [2.24, 2.45) is 0 Å². The van der Waals surface area contributed by atoms with E-state index in [0.717, 1.165) is 5.56 Å². The monoisotopic (exact) mass is 428 g/mol. The van der Waals surface area contributed by atoms with Crippen LogP contribution in [0.3, 0.4) is 0 Å². The zero-order valence-corrected chi connectivity index (χ0v) is 18.6. The summed E-state index contributed by atoms with van der Waals surface area (Å²) in [7, 11) is 1.91. The highest BCUT2D eigenvalue weighted by atomic mass is 35.5. The lowest BCUT2D eigenvalue weighted by molar-refractivity contribution is -0.134. The maximum absolute atomic E-state index is 12.6. The summed E-state index contributed by atoms with van der Waals surface area (Å²) in [6, 6.07) is 5.51. The van der Waals surface area contributed by atoms with Crippen molar-refractivity contribution in [2.75, 3.05) is 46.3 Å². The Morgan fingerprint density at radius 1 is 1.11 bits per heavy atom. The second-order valence-corrected chi connectivity index (χ2v) is 9.19. The van der Waals surface area contributed by atoms with Gasteiger partial charge in [0, 0.05) is 38.3 Å². The fourth-order valence-corrected chi connectivity index (χ4v) is 3.47. The summed E-state index contributed by atoms with van der Waals surface area (Å²) in [6.07, 6.45) is 0. The largest absolute Gasteiger partial charge is 0.350 e. The van der Waals surface area contributed by atoms with Crippen LogP contribution in [0.25, 0.3) is 0 Å². The minimum atomic E-state index is -0.228. The summed E-state index contributed by atoms with van der Waals surface area (Å²) in [5.74, 6) is 0.120. The molecule has 1 aromatic carbocycles. The standard InChI is InChI=1S/C20H30Cl2N4O2/c1-20(2,3)23-18(27)13-25-7-9-26(10-8-25)19(28)14-24(4)12-15-5-6-16(21)17(22)11-15/h5-6,11H,7-10,12-14H2,1-4H3,(H,23,27). The first kappa shape index (κ1) is 22.9. The first-order valence-electron chi connectivity index (χ1n) is 9.47. The second kappa shape index (κ2) is 9.92. The zero-order valence-electron chi connectivity index (χ0n) is 17.1. The molecule has 1 N–H and O–H groups in total. The number of hydrogen-bond acceptors (Lipinski definition) is 4. The van der Waals surface area contributed by atoms with Crippen molar-refractivity contribution >= 4 is 35.0 Å². The van der Waals surface area contributed by atoms with Gasteiger partial charge in [0.1, 0.15) is 0 Å². The molecule has 28 heavy (non-hydrogen) atoms. The number of rotatable bonds is 6. The molecule has 1 saturated heterocycles. The summed E-state index contributed by atoms with van der Waals surface area (Å²) < 4.78 is 0. The average molecular weight is 429 g/mol. The Labute approximate surface area is 177 Å². The molecule has 0 aromatic heterocycles. The second-order valence-electron chi connectivity index (χ2n) is 8.38. The number of carbonyl (C=O) groups excluding carboxylic acids is 2. The fourth-order valence-electron chi connectivity index (χ4n) is 3.15. The van der Waals surface area contributed by atoms with Crippen LogP contribution in [0.4, 0.5) is 0 Å². The van der Waals surface area contributed by atoms with Gasteiger partial charge in [0.05, 0.1) is 23.1 Å². The third-order valence-electron chi connectivity index (χ3n) is 4.45. The van der Waals surface area contributed by atoms with E-state index in [1.165, 1.54) is 0 Å². The van der Waals surface area contributed by atoms with E-state index < -0.39 is 0 Å². The van der Waals surface area contributed by atoms with Crippen molar-refractivity contribution in [2.45, 2.75) is 32.9 Å². The Morgan fingerprint density at radius 2 is 1.75 bits per heavy atom. The van der Waals surface area contributed by atoms with Gasteiger partial charge in [0.25, 0.3) is 0 Å². The van der Waals surface area contributed by atoms with E-state index in [1.54, 1.807) is 6.07 Å². The molecule has 2 rings (SSSR count). The van der Waals surface area contributed by atoms with Gasteiger partial charge in [-0.05, 0) is 45.5 Å². The summed E-state index contributed by atoms with van der Waals surface area (Å²) in [5, 5.41) is 4.02. The smallest absolute Gasteiger partial charge is 0.236 e. The van der Waals surface area contributed by atoms with Gasteiger partial charge in [-0.3, -0.25) is 19.4 Å². The van der Waals surface area contributed by atoms with E-state index >= 15 is 0 Å². The quantitative estimate of drug-likeness (QED) is 0.755. The van der Waals surface area contributed by atoms with E-state index in [-0.39, 0.29) is 17.4 Å². The Morgan fingerprint density at radius 3 is 2.32 bits per heavy atom. The van der Waals surface area contributed by atoms with Crippen molar-refractivity contribution in [1.82, 2.24) is 20.0 Å². The molecule has 0 atom stereocenters. The number of amides is 2. The van der Waals surface area contributed by atoms with Crippen molar-refractivity contribution in [3.8, 4) is 0 Å². The van der Waals surface area contributed by atoms with Crippen molar-refractivity contribution in [3.63, 3.8) is 0 Å². The maximum Gasteiger partial charge on any atom is 0.236 e. The Balaban J connectivity index is 1.75. The van der Waals surface area contributed by atoms with Gasteiger partial charge in [-0.25, -0.2) is 0 Å². The molecule has 0 unspecified atom stereocenters. The van der Waals surface area contributed by atoms with Crippen molar-refractivity contribution in [3.05, 3.63) is 33.8 Å². The van der Waals surface area contributed by atoms with Gasteiger partial charge in [-0.2, -0.15) is 0 Å². The average Bonchev–Trinajstić information content (AvgIpc) is 2.57. The Bertz CT molecular complexity index is 698. The minimum absolute atomic E-state index is 0.0219. The maximum atomic E-state index is 12.6. The molecule has 1 aliphatic rings. The van der Waals surface area contributed by atoms with Crippen LogP contribution in [0, 0.1) is 0 Å². The van der Waals surface area contributed by atoms with E-state index in [9.17, 15) is 9.59 Å². The van der Waals surface area contributed by atoms with E-state index in [2.05, 4.69) is 10.2 Å². The van der Waals surface area contributed by atoms with Crippen molar-refractivity contribution in [1.29, 1.82) is 0 Å². The van der Waals surface area contributed by atoms with Crippen LogP contribution in [0.15, 0.2) is 18.2 Å². The number of nitrogens with zero attached hydrogens (tertiary/aromatic N) is 3. The number of halogens is 2. The zero-order chi connectivity index (χ0) is 20.9. The third-order valence-corrected chi connectivity index (χ3v) is 5.19. The van der Waals surface area contributed by atoms with Gasteiger partial charge in [0.2, 0.25) is 11.8 Å². The first-order valence-corrected chi connectivity index (χ1v) is 10.2. The Hall–Kier alpha value is -1.34. The van der Waals surface area contributed by atoms with Crippen LogP contribution in [0.1, 0.15) is 26.3 Å². The number of benzene rings is 1. The molecule has 6 nitrogen and oxygen atoms in total. The molecule has 1 fully saturated rings. The molecule has 1 aliphatic heterocycles. The van der Waals surface area contributed by atoms with Gasteiger partial charge < -0.3 is 10.2 Å². The lowest BCUT2D eigenvalue weighted by atomic mass is 10.1. The summed E-state index contributed by atoms with van der Waals surface area (Å²) in [5.41, 5.74) is 0.785. The molecule has 0 saturated carbocycles. The van der Waals surface area contributed by atoms with Crippen LogP contribution >= 0.6 is 23.2 Å². The minimum Gasteiger partial charge on any atom is -0.350 e. The molecular weight excluding hydrogens is 399 g/mol. The molecule has 1 heterocycles. The number of nitrogens with one attached hydrogen (secondary N) is 1. The molecule has 8 heteroatoms. The molecule has 0 spiro atoms. The lowest BCUT2D eigenvalue weighted by Gasteiger charge is -2.35. The van der Waals surface area contributed by atoms with E-state index in [0.29, 0.717) is 55.9 Å². The summed E-state index contributed by atoms with van der Waals surface area (Å²) in [4.78, 5) is 30.5. The molecule has 0 aliphatic carbocycles. The molecule has 2 amide bonds. The topological polar surface area (TPSA) is 55.9 Å². The summed E-state index contributed by atoms with van der Waals surface area (Å²) in [6.45, 7) is 9.93. The van der Waals surface area contributed by atoms with Crippen molar-refractivity contribution < 1.29 is 9.59 Å². The highest BCUT2D eigenvalue weighted by Gasteiger charge is 2.24. The van der Waals surface area contributed by atoms with Gasteiger partial charge in [-0.15, -0.1) is 0 Å². The van der Waals surface area contributed by atoms with E-state index in [4.69, 9.17) is 23.2 Å². The predicted molar refractivity (Wildman–Crippen MR) is 114 cm³/mol. The van der Waals surface area contributed by atoms with Gasteiger partial charge in [0.15, 0.2) is 0 Å². The molecule has 0 radical (unpaired) electrons. The number of likely N-dealkylation sites (N-methyl/N-ethyl adjacent to an activating group) is 1. The van der Waals surface area contributed by atoms with Crippen LogP contribution < -0.4 is 5.32 Å². The lowest BCUT2D eigenvalue weighted by Crippen LogP contribution is -2.54. The Kier molecular flexibility index (Phi) is 8.13. The van der Waals surface area contributed by atoms with Crippen LogP contribution in [0.2, 0.25) is 10.0 Å². The van der Waals surface area contributed by atoms with Crippen LogP contribution in [0.5, 0.6) is 0 Å². The fraction of sp³-hybridized carbons (Fsp3) is 0.600. The first-order chi connectivity index (χ1) is 13.0. The molecule has 0 bridgehead atoms. The number of piperazine rings is 1. The number of hydrogen-bond donors (Lipinski definition) is 1. The highest BCUT2D eigenvalue weighted by molar-refractivity contribution is 6.42. The SMILES string of the molecule is CN(CC(=O)N1CCN(CC(=O)NC(C)(C)C)CC1)Cc1ccc(Cl)c(Cl)c1. The number of carbonyl (C=O) groups is 2. The predicted octanol–water partition coefficient (Wildman–Crippen LogP) is 2.48. The normalized spacial score (nSPS) is 15.8. The third kappa shape index (κ3) is 7.59. The molecular formula is C20H30Cl2N4O2. The molecule has 156 valence electrons. The van der Waals surface area contributed by atoms with Crippen LogP contribution in [-0.2, 0) is 16.1 Å². The van der Waals surface area contributed by atoms with Gasteiger partial charge in [-0.1, -0.05) is 29.3 Å². The molecule has 1 aromatic rings. The van der Waals surface area contributed by atoms with E-state index in [1.807, 2.05) is 49.8 Å². The summed E-state index contributed by atoms with van der Waals surface area (Å²) >= 11 is 12.0. The van der Waals surface area contributed by atoms with Gasteiger partial charge >= 0.3 is 0 Å². The van der Waals surface area contributed by atoms with Crippen LogP contribution in [-0.4, -0.2) is 78.4 Å². The highest BCUT2D eigenvalue weighted by Crippen LogP contribution is 2.23.